The molecule has 8 heteroatoms. The third kappa shape index (κ3) is 7.40. The van der Waals surface area contributed by atoms with E-state index in [-0.39, 0.29) is 47.7 Å². The molecule has 2 N–H and O–H groups in total. The molecule has 2 aliphatic carbocycles. The fraction of sp³-hybridized carbons (Fsp3) is 0.611. The molecule has 0 bridgehead atoms. The molecule has 2 atom stereocenters. The standard InChI is InChI=1S/2C18H25NO3/c2*1-2-16(14-6-4-3-5-7-14)19-13-12-18(22-17(19)21)10-8-15(20)9-11-18/h2*3-7,15-16,20H,2,8-13H2,1H3/t2*15?,16-,18?/m00/s1. The van der Waals surface area contributed by atoms with Crippen LogP contribution in [0.25, 0.3) is 0 Å². The molecule has 8 nitrogen and oxygen atoms in total. The van der Waals surface area contributed by atoms with Gasteiger partial charge in [0.2, 0.25) is 0 Å². The third-order valence-corrected chi connectivity index (χ3v) is 10.3. The highest BCUT2D eigenvalue weighted by Crippen LogP contribution is 2.41. The summed E-state index contributed by atoms with van der Waals surface area (Å²) in [5.41, 5.74) is 1.66. The smallest absolute Gasteiger partial charge is 0.410 e. The van der Waals surface area contributed by atoms with E-state index in [4.69, 9.17) is 9.47 Å². The fourth-order valence-corrected chi connectivity index (χ4v) is 7.57. The summed E-state index contributed by atoms with van der Waals surface area (Å²) in [5.74, 6) is 0. The van der Waals surface area contributed by atoms with Gasteiger partial charge in [0, 0.05) is 25.9 Å². The lowest BCUT2D eigenvalue weighted by atomic mass is 9.80. The van der Waals surface area contributed by atoms with E-state index in [2.05, 4.69) is 38.1 Å². The second-order valence-corrected chi connectivity index (χ2v) is 13.1. The molecular formula is C36H50N2O6. The van der Waals surface area contributed by atoms with Crippen LogP contribution in [0, 0.1) is 0 Å². The third-order valence-electron chi connectivity index (χ3n) is 10.3. The van der Waals surface area contributed by atoms with Gasteiger partial charge in [0.1, 0.15) is 11.2 Å². The van der Waals surface area contributed by atoms with Gasteiger partial charge in [-0.2, -0.15) is 0 Å². The zero-order chi connectivity index (χ0) is 31.2. The van der Waals surface area contributed by atoms with Crippen molar-refractivity contribution >= 4 is 12.2 Å². The molecule has 0 radical (unpaired) electrons. The normalized spacial score (nSPS) is 30.2. The first-order valence-corrected chi connectivity index (χ1v) is 16.7. The first-order chi connectivity index (χ1) is 21.3. The van der Waals surface area contributed by atoms with Gasteiger partial charge in [-0.3, -0.25) is 0 Å². The average Bonchev–Trinajstić information content (AvgIpc) is 3.05. The Morgan fingerprint density at radius 3 is 1.27 bits per heavy atom. The van der Waals surface area contributed by atoms with Gasteiger partial charge in [0.05, 0.1) is 24.3 Å². The Balaban J connectivity index is 0.000000175. The van der Waals surface area contributed by atoms with Crippen molar-refractivity contribution in [1.82, 2.24) is 9.80 Å². The number of benzene rings is 2. The molecule has 0 unspecified atom stereocenters. The summed E-state index contributed by atoms with van der Waals surface area (Å²) in [6.07, 6.45) is 8.76. The van der Waals surface area contributed by atoms with Crippen LogP contribution in [0.15, 0.2) is 60.7 Å². The van der Waals surface area contributed by atoms with Crippen molar-refractivity contribution in [3.63, 3.8) is 0 Å². The van der Waals surface area contributed by atoms with Crippen LogP contribution in [0.3, 0.4) is 0 Å². The maximum atomic E-state index is 12.6. The molecular weight excluding hydrogens is 556 g/mol. The SMILES string of the molecule is CC[C@@H](c1ccccc1)N1CCC2(CCC(O)CC2)OC1=O.CC[C@@H](c1ccccc1)N1CCC2(CCC(O)CC2)OC1=O. The summed E-state index contributed by atoms with van der Waals surface area (Å²) in [6, 6.07) is 20.5. The Labute approximate surface area is 262 Å². The topological polar surface area (TPSA) is 99.5 Å². The maximum absolute atomic E-state index is 12.6. The van der Waals surface area contributed by atoms with Crippen molar-refractivity contribution < 1.29 is 29.3 Å². The minimum atomic E-state index is -0.332. The van der Waals surface area contributed by atoms with E-state index in [0.29, 0.717) is 0 Å². The molecule has 2 aromatic rings. The first-order valence-electron chi connectivity index (χ1n) is 16.7. The van der Waals surface area contributed by atoms with Crippen LogP contribution in [0.4, 0.5) is 9.59 Å². The maximum Gasteiger partial charge on any atom is 0.410 e. The number of carbonyl (C=O) groups is 2. The molecule has 2 saturated carbocycles. The van der Waals surface area contributed by atoms with Crippen molar-refractivity contribution in [3.8, 4) is 0 Å². The molecule has 2 spiro atoms. The van der Waals surface area contributed by atoms with Gasteiger partial charge in [-0.1, -0.05) is 74.5 Å². The molecule has 2 heterocycles. The van der Waals surface area contributed by atoms with Crippen LogP contribution in [-0.2, 0) is 9.47 Å². The fourth-order valence-electron chi connectivity index (χ4n) is 7.57. The lowest BCUT2D eigenvalue weighted by Gasteiger charge is -2.46. The van der Waals surface area contributed by atoms with Gasteiger partial charge in [-0.05, 0) is 75.3 Å². The Kier molecular flexibility index (Phi) is 10.5. The van der Waals surface area contributed by atoms with Gasteiger partial charge in [-0.15, -0.1) is 0 Å². The minimum absolute atomic E-state index is 0.0835. The van der Waals surface area contributed by atoms with Gasteiger partial charge >= 0.3 is 12.2 Å². The van der Waals surface area contributed by atoms with E-state index in [9.17, 15) is 19.8 Å². The Morgan fingerprint density at radius 1 is 0.636 bits per heavy atom. The molecule has 2 aliphatic heterocycles. The quantitative estimate of drug-likeness (QED) is 0.358. The summed E-state index contributed by atoms with van der Waals surface area (Å²) in [4.78, 5) is 28.9. The predicted octanol–water partition coefficient (Wildman–Crippen LogP) is 7.31. The van der Waals surface area contributed by atoms with Crippen molar-refractivity contribution in [2.24, 2.45) is 0 Å². The summed E-state index contributed by atoms with van der Waals surface area (Å²) in [6.45, 7) is 5.68. The zero-order valence-corrected chi connectivity index (χ0v) is 26.4. The van der Waals surface area contributed by atoms with E-state index in [0.717, 1.165) is 101 Å². The first kappa shape index (κ1) is 32.3. The van der Waals surface area contributed by atoms with Gasteiger partial charge in [0.15, 0.2) is 0 Å². The van der Waals surface area contributed by atoms with Crippen molar-refractivity contribution in [3.05, 3.63) is 71.8 Å². The van der Waals surface area contributed by atoms with Crippen molar-refractivity contribution in [2.75, 3.05) is 13.1 Å². The molecule has 2 aromatic carbocycles. The van der Waals surface area contributed by atoms with E-state index < -0.39 is 0 Å². The van der Waals surface area contributed by atoms with E-state index in [1.807, 2.05) is 46.2 Å². The Morgan fingerprint density at radius 2 is 0.977 bits per heavy atom. The average molecular weight is 607 g/mol. The Hall–Kier alpha value is -3.10. The zero-order valence-electron chi connectivity index (χ0n) is 26.4. The van der Waals surface area contributed by atoms with Gasteiger partial charge < -0.3 is 29.5 Å². The van der Waals surface area contributed by atoms with Crippen LogP contribution < -0.4 is 0 Å². The number of rotatable bonds is 6. The predicted molar refractivity (Wildman–Crippen MR) is 169 cm³/mol. The molecule has 2 amide bonds. The van der Waals surface area contributed by atoms with Crippen LogP contribution in [-0.4, -0.2) is 68.7 Å². The molecule has 4 aliphatic rings. The molecule has 240 valence electrons. The molecule has 2 saturated heterocycles. The molecule has 4 fully saturated rings. The number of carbonyl (C=O) groups excluding carboxylic acids is 2. The monoisotopic (exact) mass is 606 g/mol. The number of hydrogen-bond donors (Lipinski definition) is 2. The van der Waals surface area contributed by atoms with Gasteiger partial charge in [-0.25, -0.2) is 9.59 Å². The Bertz CT molecular complexity index is 1110. The summed E-state index contributed by atoms with van der Waals surface area (Å²) < 4.78 is 11.7. The van der Waals surface area contributed by atoms with E-state index >= 15 is 0 Å². The van der Waals surface area contributed by atoms with Crippen molar-refractivity contribution in [2.45, 2.75) is 126 Å². The van der Waals surface area contributed by atoms with Crippen molar-refractivity contribution in [1.29, 1.82) is 0 Å². The van der Waals surface area contributed by atoms with E-state index in [1.165, 1.54) is 0 Å². The second kappa shape index (κ2) is 14.3. The molecule has 44 heavy (non-hydrogen) atoms. The van der Waals surface area contributed by atoms with Crippen LogP contribution >= 0.6 is 0 Å². The van der Waals surface area contributed by atoms with Gasteiger partial charge in [0.25, 0.3) is 0 Å². The highest BCUT2D eigenvalue weighted by atomic mass is 16.6. The number of ether oxygens (including phenoxy) is 2. The largest absolute Gasteiger partial charge is 0.443 e. The summed E-state index contributed by atoms with van der Waals surface area (Å²) >= 11 is 0. The van der Waals surface area contributed by atoms with Crippen LogP contribution in [0.5, 0.6) is 0 Å². The molecule has 6 rings (SSSR count). The number of aliphatic hydroxyl groups is 2. The lowest BCUT2D eigenvalue weighted by molar-refractivity contribution is -0.0923. The number of hydrogen-bond acceptors (Lipinski definition) is 6. The highest BCUT2D eigenvalue weighted by Gasteiger charge is 2.45. The van der Waals surface area contributed by atoms with Crippen LogP contribution in [0.1, 0.15) is 114 Å². The van der Waals surface area contributed by atoms with Crippen LogP contribution in [0.2, 0.25) is 0 Å². The molecule has 0 aromatic heterocycles. The minimum Gasteiger partial charge on any atom is -0.443 e. The second-order valence-electron chi connectivity index (χ2n) is 13.1. The number of nitrogens with zero attached hydrogens (tertiary/aromatic N) is 2. The summed E-state index contributed by atoms with van der Waals surface area (Å²) in [5, 5.41) is 19.3. The summed E-state index contributed by atoms with van der Waals surface area (Å²) in [7, 11) is 0. The highest BCUT2D eigenvalue weighted by molar-refractivity contribution is 5.70. The number of amides is 2. The number of aliphatic hydroxyl groups excluding tert-OH is 2. The van der Waals surface area contributed by atoms with E-state index in [1.54, 1.807) is 0 Å². The lowest BCUT2D eigenvalue weighted by Crippen LogP contribution is -2.52.